The van der Waals surface area contributed by atoms with Gasteiger partial charge in [0.15, 0.2) is 11.6 Å². The molecule has 1 N–H and O–H groups in total. The first-order valence-corrected chi connectivity index (χ1v) is 10.2. The lowest BCUT2D eigenvalue weighted by Gasteiger charge is -2.36. The fraction of sp³-hybridized carbons (Fsp3) is 0.304. The normalized spacial score (nSPS) is 14.2. The van der Waals surface area contributed by atoms with Crippen molar-refractivity contribution < 1.29 is 9.50 Å². The van der Waals surface area contributed by atoms with E-state index in [1.54, 1.807) is 30.7 Å². The van der Waals surface area contributed by atoms with Crippen molar-refractivity contribution in [3.05, 3.63) is 72.9 Å². The van der Waals surface area contributed by atoms with Gasteiger partial charge in [0.2, 0.25) is 0 Å². The van der Waals surface area contributed by atoms with Gasteiger partial charge in [-0.1, -0.05) is 0 Å². The van der Waals surface area contributed by atoms with E-state index >= 15 is 0 Å². The van der Waals surface area contributed by atoms with E-state index in [1.807, 2.05) is 24.3 Å². The molecular weight excluding hydrogens is 417 g/mol. The van der Waals surface area contributed by atoms with Crippen molar-refractivity contribution >= 4 is 29.6 Å². The van der Waals surface area contributed by atoms with Crippen LogP contribution in [-0.2, 0) is 0 Å². The van der Waals surface area contributed by atoms with Crippen LogP contribution in [0.25, 0.3) is 0 Å². The maximum atomic E-state index is 13.4. The Kier molecular flexibility index (Phi) is 8.03. The van der Waals surface area contributed by atoms with Gasteiger partial charge in [-0.25, -0.2) is 9.37 Å². The van der Waals surface area contributed by atoms with E-state index in [-0.39, 0.29) is 24.0 Å². The monoisotopic (exact) mass is 443 g/mol. The smallest absolute Gasteiger partial charge is 0.171 e. The number of halogens is 2. The van der Waals surface area contributed by atoms with Crippen LogP contribution in [0.3, 0.4) is 0 Å². The number of aromatic nitrogens is 2. The SMILES string of the molecule is Cl.Oc1cccnc1N1CCN(CCCN(c2ccncc2)c2ccc(F)cc2)CC1. The number of rotatable bonds is 7. The summed E-state index contributed by atoms with van der Waals surface area (Å²) in [4.78, 5) is 15.2. The van der Waals surface area contributed by atoms with E-state index in [1.165, 1.54) is 12.1 Å². The molecule has 0 amide bonds. The van der Waals surface area contributed by atoms with E-state index in [2.05, 4.69) is 24.7 Å². The Labute approximate surface area is 188 Å². The number of pyridine rings is 2. The summed E-state index contributed by atoms with van der Waals surface area (Å²) in [5.41, 5.74) is 2.02. The molecule has 0 atom stereocenters. The molecule has 2 aromatic heterocycles. The fourth-order valence-corrected chi connectivity index (χ4v) is 3.82. The van der Waals surface area contributed by atoms with Crippen LogP contribution in [0, 0.1) is 5.82 Å². The summed E-state index contributed by atoms with van der Waals surface area (Å²) < 4.78 is 13.4. The van der Waals surface area contributed by atoms with Gasteiger partial charge in [-0.2, -0.15) is 0 Å². The van der Waals surface area contributed by atoms with E-state index in [4.69, 9.17) is 0 Å². The minimum Gasteiger partial charge on any atom is -0.504 e. The first-order valence-electron chi connectivity index (χ1n) is 10.2. The predicted octanol–water partition coefficient (Wildman–Crippen LogP) is 4.09. The standard InChI is InChI=1S/C23H26FN5O.ClH/c24-19-4-6-20(7-5-19)29(21-8-11-25-12-9-21)14-2-13-27-15-17-28(18-16-27)23-22(30)3-1-10-26-23;/h1,3-12,30H,2,13-18H2;1H. The Bertz CT molecular complexity index is 936. The van der Waals surface area contributed by atoms with Gasteiger partial charge in [0.25, 0.3) is 0 Å². The van der Waals surface area contributed by atoms with Crippen molar-refractivity contribution in [1.29, 1.82) is 0 Å². The molecule has 1 aliphatic heterocycles. The van der Waals surface area contributed by atoms with Crippen LogP contribution in [0.2, 0.25) is 0 Å². The maximum Gasteiger partial charge on any atom is 0.171 e. The highest BCUT2D eigenvalue weighted by atomic mass is 35.5. The molecule has 1 fully saturated rings. The topological polar surface area (TPSA) is 55.7 Å². The van der Waals surface area contributed by atoms with Crippen LogP contribution < -0.4 is 9.80 Å². The van der Waals surface area contributed by atoms with Crippen LogP contribution in [0.5, 0.6) is 5.75 Å². The third-order valence-electron chi connectivity index (χ3n) is 5.41. The number of hydrogen-bond acceptors (Lipinski definition) is 6. The van der Waals surface area contributed by atoms with Crippen molar-refractivity contribution in [3.8, 4) is 5.75 Å². The number of hydrogen-bond donors (Lipinski definition) is 1. The molecule has 0 saturated carbocycles. The molecule has 0 unspecified atom stereocenters. The number of nitrogens with zero attached hydrogens (tertiary/aromatic N) is 5. The van der Waals surface area contributed by atoms with Gasteiger partial charge >= 0.3 is 0 Å². The quantitative estimate of drug-likeness (QED) is 0.593. The molecule has 1 aliphatic rings. The van der Waals surface area contributed by atoms with Gasteiger partial charge in [0, 0.05) is 62.7 Å². The van der Waals surface area contributed by atoms with Crippen LogP contribution in [0.15, 0.2) is 67.1 Å². The Balaban J connectivity index is 0.00000272. The summed E-state index contributed by atoms with van der Waals surface area (Å²) >= 11 is 0. The van der Waals surface area contributed by atoms with E-state index in [0.717, 1.165) is 57.1 Å². The van der Waals surface area contributed by atoms with Crippen molar-refractivity contribution in [2.45, 2.75) is 6.42 Å². The van der Waals surface area contributed by atoms with Gasteiger partial charge < -0.3 is 14.9 Å². The number of benzene rings is 1. The Morgan fingerprint density at radius 2 is 1.58 bits per heavy atom. The Hall–Kier alpha value is -2.90. The molecule has 164 valence electrons. The molecule has 31 heavy (non-hydrogen) atoms. The molecule has 8 heteroatoms. The summed E-state index contributed by atoms with van der Waals surface area (Å²) in [7, 11) is 0. The molecular formula is C23H27ClFN5O. The molecule has 4 rings (SSSR count). The lowest BCUT2D eigenvalue weighted by Crippen LogP contribution is -2.47. The first kappa shape index (κ1) is 22.8. The fourth-order valence-electron chi connectivity index (χ4n) is 3.82. The van der Waals surface area contributed by atoms with Crippen LogP contribution in [0.1, 0.15) is 6.42 Å². The van der Waals surface area contributed by atoms with Gasteiger partial charge in [0.05, 0.1) is 0 Å². The minimum atomic E-state index is -0.231. The molecule has 0 radical (unpaired) electrons. The molecule has 0 aliphatic carbocycles. The highest BCUT2D eigenvalue weighted by Crippen LogP contribution is 2.26. The number of anilines is 3. The number of piperazine rings is 1. The van der Waals surface area contributed by atoms with Gasteiger partial charge in [-0.15, -0.1) is 12.4 Å². The molecule has 3 aromatic rings. The van der Waals surface area contributed by atoms with E-state index < -0.39 is 0 Å². The molecule has 0 bridgehead atoms. The van der Waals surface area contributed by atoms with Crippen molar-refractivity contribution in [3.63, 3.8) is 0 Å². The largest absolute Gasteiger partial charge is 0.504 e. The molecule has 1 aromatic carbocycles. The predicted molar refractivity (Wildman–Crippen MR) is 124 cm³/mol. The molecule has 6 nitrogen and oxygen atoms in total. The second kappa shape index (κ2) is 10.9. The third-order valence-corrected chi connectivity index (χ3v) is 5.41. The Morgan fingerprint density at radius 1 is 0.903 bits per heavy atom. The highest BCUT2D eigenvalue weighted by Gasteiger charge is 2.20. The lowest BCUT2D eigenvalue weighted by molar-refractivity contribution is 0.255. The average Bonchev–Trinajstić information content (AvgIpc) is 2.79. The van der Waals surface area contributed by atoms with Gasteiger partial charge in [-0.3, -0.25) is 9.88 Å². The summed E-state index contributed by atoms with van der Waals surface area (Å²) in [6.45, 7) is 5.36. The van der Waals surface area contributed by atoms with E-state index in [9.17, 15) is 9.50 Å². The second-order valence-corrected chi connectivity index (χ2v) is 7.36. The lowest BCUT2D eigenvalue weighted by atomic mass is 10.2. The second-order valence-electron chi connectivity index (χ2n) is 7.36. The molecule has 1 saturated heterocycles. The van der Waals surface area contributed by atoms with Crippen molar-refractivity contribution in [2.75, 3.05) is 49.1 Å². The van der Waals surface area contributed by atoms with Gasteiger partial charge in [-0.05, 0) is 61.5 Å². The summed E-state index contributed by atoms with van der Waals surface area (Å²) in [5, 5.41) is 10.0. The number of aromatic hydroxyl groups is 1. The third kappa shape index (κ3) is 5.83. The summed E-state index contributed by atoms with van der Waals surface area (Å²) in [6, 6.07) is 14.0. The van der Waals surface area contributed by atoms with Crippen LogP contribution in [-0.4, -0.2) is 59.2 Å². The van der Waals surface area contributed by atoms with Crippen molar-refractivity contribution in [2.24, 2.45) is 0 Å². The first-order chi connectivity index (χ1) is 14.7. The zero-order valence-corrected chi connectivity index (χ0v) is 18.1. The Morgan fingerprint density at radius 3 is 2.26 bits per heavy atom. The molecule has 3 heterocycles. The van der Waals surface area contributed by atoms with Crippen LogP contribution in [0.4, 0.5) is 21.6 Å². The van der Waals surface area contributed by atoms with Gasteiger partial charge in [0.1, 0.15) is 5.82 Å². The molecule has 0 spiro atoms. The zero-order valence-electron chi connectivity index (χ0n) is 17.3. The minimum absolute atomic E-state index is 0. The highest BCUT2D eigenvalue weighted by molar-refractivity contribution is 5.85. The summed E-state index contributed by atoms with van der Waals surface area (Å²) in [6.07, 6.45) is 6.25. The van der Waals surface area contributed by atoms with E-state index in [0.29, 0.717) is 5.82 Å². The maximum absolute atomic E-state index is 13.4. The van der Waals surface area contributed by atoms with Crippen LogP contribution >= 0.6 is 12.4 Å². The summed E-state index contributed by atoms with van der Waals surface area (Å²) in [5.74, 6) is 0.667. The average molecular weight is 444 g/mol. The van der Waals surface area contributed by atoms with Crippen molar-refractivity contribution in [1.82, 2.24) is 14.9 Å². The zero-order chi connectivity index (χ0) is 20.8.